The summed E-state index contributed by atoms with van der Waals surface area (Å²) in [6.07, 6.45) is 4.99. The maximum atomic E-state index is 12.7. The van der Waals surface area contributed by atoms with Crippen molar-refractivity contribution in [3.8, 4) is 17.3 Å². The van der Waals surface area contributed by atoms with E-state index in [2.05, 4.69) is 23.0 Å². The third-order valence-corrected chi connectivity index (χ3v) is 6.95. The van der Waals surface area contributed by atoms with Crippen LogP contribution in [-0.2, 0) is 23.1 Å². The molecule has 0 radical (unpaired) electrons. The van der Waals surface area contributed by atoms with Crippen LogP contribution in [0.15, 0.2) is 55.6 Å². The SMILES string of the molecule is C=CCCCn1c(-c2nc3cc(C(=O)O)cc(OC)c3n2C)cc2ccc(C(C)NC(=O)C(CC=C)OC)nc21. The van der Waals surface area contributed by atoms with Crippen LogP contribution in [0.25, 0.3) is 33.6 Å². The van der Waals surface area contributed by atoms with Crippen LogP contribution >= 0.6 is 0 Å². The minimum absolute atomic E-state index is 0.103. The number of methoxy groups -OCH3 is 2. The molecule has 4 rings (SSSR count). The maximum Gasteiger partial charge on any atom is 0.335 e. The van der Waals surface area contributed by atoms with E-state index in [9.17, 15) is 14.7 Å². The minimum atomic E-state index is -1.05. The van der Waals surface area contributed by atoms with Gasteiger partial charge >= 0.3 is 5.97 Å². The van der Waals surface area contributed by atoms with Gasteiger partial charge in [0.05, 0.1) is 35.6 Å². The Morgan fingerprint density at radius 3 is 2.58 bits per heavy atom. The van der Waals surface area contributed by atoms with Crippen molar-refractivity contribution in [3.05, 3.63) is 66.9 Å². The standard InChI is InChI=1S/C30H35N5O5/c1-7-9-10-14-35-23(28-33-22-15-20(30(37)38)17-25(40-6)26(22)34(28)4)16-19-12-13-21(32-27(19)35)18(3)31-29(36)24(39-5)11-8-2/h7-8,12-13,15-18,24H,1-2,9-11,14H2,3-6H3,(H,31,36)(H,37,38). The van der Waals surface area contributed by atoms with Crippen molar-refractivity contribution in [2.45, 2.75) is 44.9 Å². The molecular weight excluding hydrogens is 510 g/mol. The van der Waals surface area contributed by atoms with Crippen LogP contribution in [-0.4, -0.2) is 56.4 Å². The smallest absolute Gasteiger partial charge is 0.335 e. The maximum absolute atomic E-state index is 12.7. The number of hydrogen-bond acceptors (Lipinski definition) is 6. The Morgan fingerprint density at radius 1 is 1.15 bits per heavy atom. The number of carbonyl (C=O) groups excluding carboxylic acids is 1. The van der Waals surface area contributed by atoms with E-state index in [1.165, 1.54) is 20.3 Å². The molecule has 0 bridgehead atoms. The van der Waals surface area contributed by atoms with E-state index in [-0.39, 0.29) is 17.5 Å². The number of hydrogen-bond donors (Lipinski definition) is 2. The number of carboxylic acids is 1. The van der Waals surface area contributed by atoms with Gasteiger partial charge in [-0.05, 0) is 50.1 Å². The molecule has 10 heteroatoms. The average Bonchev–Trinajstić information content (AvgIpc) is 3.47. The summed E-state index contributed by atoms with van der Waals surface area (Å²) in [5.74, 6) is -0.192. The van der Waals surface area contributed by atoms with E-state index >= 15 is 0 Å². The number of allylic oxidation sites excluding steroid dienone is 1. The molecule has 0 aliphatic carbocycles. The summed E-state index contributed by atoms with van der Waals surface area (Å²) in [6, 6.07) is 8.61. The normalized spacial score (nSPS) is 12.8. The second kappa shape index (κ2) is 12.2. The Balaban J connectivity index is 1.82. The number of amides is 1. The highest BCUT2D eigenvalue weighted by Gasteiger charge is 2.23. The fourth-order valence-electron chi connectivity index (χ4n) is 4.85. The number of rotatable bonds is 13. The second-order valence-corrected chi connectivity index (χ2v) is 9.59. The number of nitrogens with one attached hydrogen (secondary N) is 1. The molecule has 1 aromatic carbocycles. The van der Waals surface area contributed by atoms with Gasteiger partial charge in [-0.2, -0.15) is 0 Å². The number of benzene rings is 1. The quantitative estimate of drug-likeness (QED) is 0.179. The predicted molar refractivity (Wildman–Crippen MR) is 155 cm³/mol. The number of pyridine rings is 1. The van der Waals surface area contributed by atoms with Crippen LogP contribution in [0.4, 0.5) is 0 Å². The highest BCUT2D eigenvalue weighted by atomic mass is 16.5. The van der Waals surface area contributed by atoms with E-state index in [0.29, 0.717) is 41.3 Å². The number of imidazole rings is 1. The fraction of sp³-hybridized carbons (Fsp3) is 0.333. The van der Waals surface area contributed by atoms with Crippen LogP contribution in [0.3, 0.4) is 0 Å². The number of ether oxygens (including phenoxy) is 2. The van der Waals surface area contributed by atoms with E-state index in [1.54, 1.807) is 12.1 Å². The van der Waals surface area contributed by atoms with Gasteiger partial charge in [0.1, 0.15) is 23.0 Å². The van der Waals surface area contributed by atoms with Gasteiger partial charge in [0.15, 0.2) is 5.82 Å². The molecule has 1 amide bonds. The van der Waals surface area contributed by atoms with E-state index in [0.717, 1.165) is 29.6 Å². The van der Waals surface area contributed by atoms with E-state index in [1.807, 2.05) is 42.8 Å². The molecule has 4 aromatic rings. The number of carbonyl (C=O) groups is 2. The second-order valence-electron chi connectivity index (χ2n) is 9.59. The van der Waals surface area contributed by atoms with Gasteiger partial charge in [-0.3, -0.25) is 4.79 Å². The van der Waals surface area contributed by atoms with Gasteiger partial charge in [-0.1, -0.05) is 12.2 Å². The molecule has 3 heterocycles. The Morgan fingerprint density at radius 2 is 1.93 bits per heavy atom. The molecule has 0 aliphatic heterocycles. The van der Waals surface area contributed by atoms with Crippen molar-refractivity contribution in [1.29, 1.82) is 0 Å². The number of aromatic carboxylic acids is 1. The number of aryl methyl sites for hydroxylation is 2. The topological polar surface area (TPSA) is 120 Å². The molecule has 2 unspecified atom stereocenters. The van der Waals surface area contributed by atoms with Gasteiger partial charge in [0.2, 0.25) is 5.91 Å². The van der Waals surface area contributed by atoms with Crippen LogP contribution in [0.2, 0.25) is 0 Å². The molecule has 3 aromatic heterocycles. The lowest BCUT2D eigenvalue weighted by molar-refractivity contribution is -0.131. The van der Waals surface area contributed by atoms with Crippen molar-refractivity contribution in [2.75, 3.05) is 14.2 Å². The van der Waals surface area contributed by atoms with Gasteiger partial charge in [-0.25, -0.2) is 14.8 Å². The number of aromatic nitrogens is 4. The molecule has 10 nitrogen and oxygen atoms in total. The van der Waals surface area contributed by atoms with Crippen molar-refractivity contribution in [2.24, 2.45) is 7.05 Å². The third-order valence-electron chi connectivity index (χ3n) is 6.95. The first kappa shape index (κ1) is 28.6. The van der Waals surface area contributed by atoms with Crippen molar-refractivity contribution >= 4 is 33.9 Å². The summed E-state index contributed by atoms with van der Waals surface area (Å²) in [5, 5.41) is 13.5. The Hall–Kier alpha value is -4.44. The average molecular weight is 546 g/mol. The number of carboxylic acid groups (broad SMARTS) is 1. The fourth-order valence-corrected chi connectivity index (χ4v) is 4.85. The summed E-state index contributed by atoms with van der Waals surface area (Å²) in [7, 11) is 4.89. The van der Waals surface area contributed by atoms with Crippen LogP contribution in [0.5, 0.6) is 5.75 Å². The summed E-state index contributed by atoms with van der Waals surface area (Å²) in [4.78, 5) is 34.2. The zero-order chi connectivity index (χ0) is 29.0. The summed E-state index contributed by atoms with van der Waals surface area (Å²) in [5.41, 5.74) is 3.63. The highest BCUT2D eigenvalue weighted by Crippen LogP contribution is 2.34. The van der Waals surface area contributed by atoms with Gasteiger partial charge in [0, 0.05) is 32.5 Å². The number of unbranched alkanes of at least 4 members (excludes halogenated alkanes) is 1. The number of nitrogens with zero attached hydrogens (tertiary/aromatic N) is 4. The van der Waals surface area contributed by atoms with Crippen LogP contribution < -0.4 is 10.1 Å². The lowest BCUT2D eigenvalue weighted by Crippen LogP contribution is -2.37. The number of fused-ring (bicyclic) bond motifs is 2. The molecule has 2 atom stereocenters. The Kier molecular flexibility index (Phi) is 8.69. The molecule has 0 spiro atoms. The summed E-state index contributed by atoms with van der Waals surface area (Å²) < 4.78 is 14.8. The summed E-state index contributed by atoms with van der Waals surface area (Å²) >= 11 is 0. The van der Waals surface area contributed by atoms with Gasteiger partial charge in [0.25, 0.3) is 0 Å². The first-order valence-corrected chi connectivity index (χ1v) is 13.1. The zero-order valence-corrected chi connectivity index (χ0v) is 23.3. The monoisotopic (exact) mass is 545 g/mol. The lowest BCUT2D eigenvalue weighted by Gasteiger charge is -2.18. The minimum Gasteiger partial charge on any atom is -0.494 e. The molecule has 210 valence electrons. The van der Waals surface area contributed by atoms with Crippen LogP contribution in [0.1, 0.15) is 48.3 Å². The van der Waals surface area contributed by atoms with E-state index < -0.39 is 12.1 Å². The van der Waals surface area contributed by atoms with Gasteiger partial charge in [-0.15, -0.1) is 13.2 Å². The molecule has 40 heavy (non-hydrogen) atoms. The van der Waals surface area contributed by atoms with Gasteiger partial charge < -0.3 is 29.0 Å². The lowest BCUT2D eigenvalue weighted by atomic mass is 10.1. The van der Waals surface area contributed by atoms with Crippen molar-refractivity contribution in [1.82, 2.24) is 24.4 Å². The first-order valence-electron chi connectivity index (χ1n) is 13.1. The highest BCUT2D eigenvalue weighted by molar-refractivity contribution is 5.96. The third kappa shape index (κ3) is 5.48. The predicted octanol–water partition coefficient (Wildman–Crippen LogP) is 5.03. The van der Waals surface area contributed by atoms with Crippen LogP contribution in [0, 0.1) is 0 Å². The largest absolute Gasteiger partial charge is 0.494 e. The molecule has 0 fully saturated rings. The molecule has 0 saturated carbocycles. The molecule has 0 saturated heterocycles. The molecular formula is C30H35N5O5. The zero-order valence-electron chi connectivity index (χ0n) is 23.3. The molecule has 0 aliphatic rings. The van der Waals surface area contributed by atoms with Crippen molar-refractivity contribution in [3.63, 3.8) is 0 Å². The van der Waals surface area contributed by atoms with Crippen molar-refractivity contribution < 1.29 is 24.2 Å². The first-order chi connectivity index (χ1) is 19.2. The Bertz CT molecular complexity index is 1580. The summed E-state index contributed by atoms with van der Waals surface area (Å²) in [6.45, 7) is 10.1. The Labute approximate surface area is 232 Å². The molecule has 2 N–H and O–H groups in total. The van der Waals surface area contributed by atoms with E-state index in [4.69, 9.17) is 19.4 Å².